The minimum absolute atomic E-state index is 0.0562. The average molecular weight is 375 g/mol. The number of hydrogen-bond donors (Lipinski definition) is 1. The molecule has 0 aromatic heterocycles. The summed E-state index contributed by atoms with van der Waals surface area (Å²) in [5, 5.41) is 3.68. The van der Waals surface area contributed by atoms with Gasteiger partial charge in [-0.05, 0) is 81.5 Å². The molecule has 3 nitrogen and oxygen atoms in total. The van der Waals surface area contributed by atoms with Gasteiger partial charge in [-0.25, -0.2) is 0 Å². The van der Waals surface area contributed by atoms with Gasteiger partial charge < -0.3 is 15.0 Å². The quantitative estimate of drug-likeness (QED) is 0.548. The van der Waals surface area contributed by atoms with Crippen molar-refractivity contribution in [2.45, 2.75) is 71.9 Å². The van der Waals surface area contributed by atoms with Gasteiger partial charge in [0.2, 0.25) is 0 Å². The SMILES string of the molecule is CC(C)CC[C@@H](CCNCc1ccc(N(C)C)cc1)[C@H]1CCOC(C)(C)C1. The van der Waals surface area contributed by atoms with Crippen LogP contribution in [0, 0.1) is 17.8 Å². The van der Waals surface area contributed by atoms with E-state index in [1.807, 2.05) is 0 Å². The molecular formula is C24H42N2O. The minimum Gasteiger partial charge on any atom is -0.378 e. The predicted octanol–water partition coefficient (Wildman–Crippen LogP) is 5.49. The highest BCUT2D eigenvalue weighted by molar-refractivity contribution is 5.45. The van der Waals surface area contributed by atoms with Crippen LogP contribution in [0.1, 0.15) is 65.4 Å². The van der Waals surface area contributed by atoms with E-state index < -0.39 is 0 Å². The Morgan fingerprint density at radius 1 is 1.11 bits per heavy atom. The second kappa shape index (κ2) is 10.5. The highest BCUT2D eigenvalue weighted by Crippen LogP contribution is 2.37. The summed E-state index contributed by atoms with van der Waals surface area (Å²) in [5.74, 6) is 2.43. The van der Waals surface area contributed by atoms with E-state index in [1.165, 1.54) is 43.4 Å². The molecular weight excluding hydrogens is 332 g/mol. The summed E-state index contributed by atoms with van der Waals surface area (Å²) in [4.78, 5) is 2.14. The van der Waals surface area contributed by atoms with Crippen molar-refractivity contribution < 1.29 is 4.74 Å². The lowest BCUT2D eigenvalue weighted by molar-refractivity contribution is -0.0839. The molecule has 0 radical (unpaired) electrons. The maximum Gasteiger partial charge on any atom is 0.0629 e. The number of nitrogens with one attached hydrogen (secondary N) is 1. The topological polar surface area (TPSA) is 24.5 Å². The lowest BCUT2D eigenvalue weighted by Crippen LogP contribution is -2.37. The summed E-state index contributed by atoms with van der Waals surface area (Å²) in [5.41, 5.74) is 2.68. The Kier molecular flexibility index (Phi) is 8.62. The zero-order valence-corrected chi connectivity index (χ0v) is 18.6. The molecule has 0 spiro atoms. The van der Waals surface area contributed by atoms with Gasteiger partial charge in [-0.3, -0.25) is 0 Å². The summed E-state index contributed by atoms with van der Waals surface area (Å²) in [6.45, 7) is 12.2. The molecule has 0 bridgehead atoms. The van der Waals surface area contributed by atoms with Crippen LogP contribution in [0.4, 0.5) is 5.69 Å². The first-order valence-corrected chi connectivity index (χ1v) is 10.9. The fraction of sp³-hybridized carbons (Fsp3) is 0.750. The molecule has 0 unspecified atom stereocenters. The molecule has 0 aliphatic carbocycles. The summed E-state index contributed by atoms with van der Waals surface area (Å²) < 4.78 is 5.96. The monoisotopic (exact) mass is 374 g/mol. The second-order valence-corrected chi connectivity index (χ2v) is 9.62. The zero-order valence-electron chi connectivity index (χ0n) is 18.6. The number of ether oxygens (including phenoxy) is 1. The first-order valence-electron chi connectivity index (χ1n) is 10.9. The molecule has 0 amide bonds. The van der Waals surface area contributed by atoms with Gasteiger partial charge in [-0.1, -0.05) is 32.4 Å². The maximum absolute atomic E-state index is 5.96. The van der Waals surface area contributed by atoms with E-state index in [1.54, 1.807) is 0 Å². The molecule has 1 aliphatic heterocycles. The number of anilines is 1. The van der Waals surface area contributed by atoms with Gasteiger partial charge in [-0.15, -0.1) is 0 Å². The van der Waals surface area contributed by atoms with Crippen LogP contribution in [-0.2, 0) is 11.3 Å². The number of benzene rings is 1. The first kappa shape index (κ1) is 22.2. The summed E-state index contributed by atoms with van der Waals surface area (Å²) >= 11 is 0. The zero-order chi connectivity index (χ0) is 19.9. The van der Waals surface area contributed by atoms with E-state index in [-0.39, 0.29) is 5.60 Å². The van der Waals surface area contributed by atoms with Gasteiger partial charge >= 0.3 is 0 Å². The van der Waals surface area contributed by atoms with Crippen molar-refractivity contribution in [3.8, 4) is 0 Å². The van der Waals surface area contributed by atoms with E-state index in [9.17, 15) is 0 Å². The smallest absolute Gasteiger partial charge is 0.0629 e. The fourth-order valence-electron chi connectivity index (χ4n) is 4.28. The van der Waals surface area contributed by atoms with Crippen LogP contribution in [-0.4, -0.2) is 32.8 Å². The standard InChI is InChI=1S/C24H42N2O/c1-19(2)7-10-21(22-14-16-27-24(3,4)17-22)13-15-25-18-20-8-11-23(12-9-20)26(5)6/h8-9,11-12,19,21-22,25H,7,10,13-18H2,1-6H3/t21-,22-/m0/s1. The molecule has 1 heterocycles. The molecule has 1 fully saturated rings. The van der Waals surface area contributed by atoms with Gasteiger partial charge in [0.15, 0.2) is 0 Å². The molecule has 1 aromatic carbocycles. The third-order valence-corrected chi connectivity index (χ3v) is 5.99. The van der Waals surface area contributed by atoms with Crippen molar-refractivity contribution in [2.75, 3.05) is 32.1 Å². The molecule has 27 heavy (non-hydrogen) atoms. The first-order chi connectivity index (χ1) is 12.8. The third kappa shape index (κ3) is 7.83. The summed E-state index contributed by atoms with van der Waals surface area (Å²) in [7, 11) is 4.17. The van der Waals surface area contributed by atoms with E-state index in [2.05, 4.69) is 76.3 Å². The van der Waals surface area contributed by atoms with Crippen molar-refractivity contribution in [2.24, 2.45) is 17.8 Å². The van der Waals surface area contributed by atoms with E-state index in [0.29, 0.717) is 0 Å². The van der Waals surface area contributed by atoms with Gasteiger partial charge in [0.25, 0.3) is 0 Å². The highest BCUT2D eigenvalue weighted by Gasteiger charge is 2.33. The van der Waals surface area contributed by atoms with Crippen molar-refractivity contribution >= 4 is 5.69 Å². The Morgan fingerprint density at radius 3 is 2.41 bits per heavy atom. The van der Waals surface area contributed by atoms with Crippen molar-refractivity contribution in [1.82, 2.24) is 5.32 Å². The maximum atomic E-state index is 5.96. The van der Waals surface area contributed by atoms with Crippen LogP contribution >= 0.6 is 0 Å². The molecule has 0 saturated carbocycles. The highest BCUT2D eigenvalue weighted by atomic mass is 16.5. The van der Waals surface area contributed by atoms with Crippen molar-refractivity contribution in [3.63, 3.8) is 0 Å². The van der Waals surface area contributed by atoms with Crippen molar-refractivity contribution in [3.05, 3.63) is 29.8 Å². The molecule has 2 atom stereocenters. The Bertz CT molecular complexity index is 536. The third-order valence-electron chi connectivity index (χ3n) is 5.99. The largest absolute Gasteiger partial charge is 0.378 e. The fourth-order valence-corrected chi connectivity index (χ4v) is 4.28. The lowest BCUT2D eigenvalue weighted by atomic mass is 9.75. The van der Waals surface area contributed by atoms with Crippen LogP contribution in [0.3, 0.4) is 0 Å². The van der Waals surface area contributed by atoms with Crippen LogP contribution in [0.25, 0.3) is 0 Å². The number of rotatable bonds is 10. The minimum atomic E-state index is 0.0562. The van der Waals surface area contributed by atoms with Gasteiger partial charge in [0.1, 0.15) is 0 Å². The van der Waals surface area contributed by atoms with Gasteiger partial charge in [-0.2, -0.15) is 0 Å². The van der Waals surface area contributed by atoms with Crippen LogP contribution in [0.2, 0.25) is 0 Å². The normalized spacial score (nSPS) is 20.6. The molecule has 1 aliphatic rings. The van der Waals surface area contributed by atoms with E-state index in [0.717, 1.165) is 37.5 Å². The molecule has 2 rings (SSSR count). The Morgan fingerprint density at radius 2 is 1.81 bits per heavy atom. The molecule has 1 saturated heterocycles. The van der Waals surface area contributed by atoms with Crippen LogP contribution in [0.15, 0.2) is 24.3 Å². The molecule has 1 aromatic rings. The van der Waals surface area contributed by atoms with Crippen LogP contribution < -0.4 is 10.2 Å². The van der Waals surface area contributed by atoms with Gasteiger partial charge in [0, 0.05) is 32.9 Å². The lowest BCUT2D eigenvalue weighted by Gasteiger charge is -2.39. The Labute approximate surface area is 167 Å². The number of nitrogens with zero attached hydrogens (tertiary/aromatic N) is 1. The second-order valence-electron chi connectivity index (χ2n) is 9.62. The Hall–Kier alpha value is -1.06. The summed E-state index contributed by atoms with van der Waals surface area (Å²) in [6, 6.07) is 8.87. The predicted molar refractivity (Wildman–Crippen MR) is 117 cm³/mol. The summed E-state index contributed by atoms with van der Waals surface area (Å²) in [6.07, 6.45) is 6.43. The molecule has 3 heteroatoms. The average Bonchev–Trinajstić information content (AvgIpc) is 2.60. The molecule has 1 N–H and O–H groups in total. The van der Waals surface area contributed by atoms with Crippen molar-refractivity contribution in [1.29, 1.82) is 0 Å². The van der Waals surface area contributed by atoms with Crippen LogP contribution in [0.5, 0.6) is 0 Å². The van der Waals surface area contributed by atoms with E-state index in [4.69, 9.17) is 4.74 Å². The van der Waals surface area contributed by atoms with E-state index >= 15 is 0 Å². The Balaban J connectivity index is 1.82. The molecule has 154 valence electrons. The number of hydrogen-bond acceptors (Lipinski definition) is 3. The van der Waals surface area contributed by atoms with Gasteiger partial charge in [0.05, 0.1) is 5.60 Å².